The summed E-state index contributed by atoms with van der Waals surface area (Å²) in [6, 6.07) is 3.82. The minimum atomic E-state index is -4.50. The van der Waals surface area contributed by atoms with Crippen LogP contribution < -0.4 is 14.6 Å². The zero-order chi connectivity index (χ0) is 28.7. The molecule has 2 aliphatic rings. The third kappa shape index (κ3) is 7.49. The fourth-order valence-corrected chi connectivity index (χ4v) is 6.80. The van der Waals surface area contributed by atoms with Gasteiger partial charge in [0.25, 0.3) is 0 Å². The molecule has 39 heavy (non-hydrogen) atoms. The van der Waals surface area contributed by atoms with Gasteiger partial charge in [-0.2, -0.15) is 4.67 Å². The van der Waals surface area contributed by atoms with Gasteiger partial charge in [0.2, 0.25) is 5.91 Å². The summed E-state index contributed by atoms with van der Waals surface area (Å²) in [4.78, 5) is 25.1. The van der Waals surface area contributed by atoms with Gasteiger partial charge in [-0.25, -0.2) is 4.57 Å². The van der Waals surface area contributed by atoms with E-state index in [0.29, 0.717) is 31.4 Å². The molecule has 1 amide bonds. The number of hydrogen-bond donors (Lipinski definition) is 4. The van der Waals surface area contributed by atoms with Crippen molar-refractivity contribution >= 4 is 19.6 Å². The molecular formula is C25H39N2O11P. The lowest BCUT2D eigenvalue weighted by atomic mass is 9.97. The molecule has 1 aromatic carbocycles. The number of carbonyl (C=O) groups excluding carboxylic acids is 2. The van der Waals surface area contributed by atoms with Crippen molar-refractivity contribution in [3.8, 4) is 11.5 Å². The summed E-state index contributed by atoms with van der Waals surface area (Å²) in [6.07, 6.45) is -4.47. The highest BCUT2D eigenvalue weighted by Gasteiger charge is 2.54. The van der Waals surface area contributed by atoms with Gasteiger partial charge in [0, 0.05) is 13.5 Å². The first kappa shape index (κ1) is 31.3. The number of carbonyl (C=O) groups is 2. The molecule has 2 saturated heterocycles. The van der Waals surface area contributed by atoms with Crippen LogP contribution in [0, 0.1) is 0 Å². The van der Waals surface area contributed by atoms with E-state index >= 15 is 0 Å². The highest BCUT2D eigenvalue weighted by Crippen LogP contribution is 2.57. The molecule has 7 atom stereocenters. The van der Waals surface area contributed by atoms with E-state index in [4.69, 9.17) is 23.3 Å². The topological polar surface area (TPSA) is 173 Å². The van der Waals surface area contributed by atoms with Gasteiger partial charge in [-0.05, 0) is 49.9 Å². The molecule has 0 aliphatic carbocycles. The number of hydrogen-bond acceptors (Lipinski definition) is 11. The first-order valence-corrected chi connectivity index (χ1v) is 14.6. The van der Waals surface area contributed by atoms with E-state index in [2.05, 4.69) is 5.32 Å². The molecule has 220 valence electrons. The predicted molar refractivity (Wildman–Crippen MR) is 138 cm³/mol. The van der Waals surface area contributed by atoms with Crippen LogP contribution in [0.1, 0.15) is 46.5 Å². The summed E-state index contributed by atoms with van der Waals surface area (Å²) >= 11 is 0. The molecule has 13 nitrogen and oxygen atoms in total. The standard InChI is InChI=1S/C25H39N2O11P/c1-5-16(6-2)35-24(31)19-8-7-13-27(19)39(33,37-18-11-9-17(34-4)10-12-18)38-23-21(26-15(3)29)25(32)36-20(14-28)22(23)30/h9-12,16,19-23,25,28,30,32H,5-8,13-14H2,1-4H3,(H,26,29)/t19?,20-,21-,22-,23+,25+,39?/m1/s1. The Morgan fingerprint density at radius 1 is 1.18 bits per heavy atom. The van der Waals surface area contributed by atoms with E-state index in [1.54, 1.807) is 12.1 Å². The zero-order valence-electron chi connectivity index (χ0n) is 22.6. The summed E-state index contributed by atoms with van der Waals surface area (Å²) < 4.78 is 43.9. The molecule has 0 spiro atoms. The van der Waals surface area contributed by atoms with Crippen LogP contribution in [0.3, 0.4) is 0 Å². The van der Waals surface area contributed by atoms with Crippen molar-refractivity contribution in [1.29, 1.82) is 0 Å². The average molecular weight is 575 g/mol. The Hall–Kier alpha value is -2.25. The number of aliphatic hydroxyl groups excluding tert-OH is 3. The zero-order valence-corrected chi connectivity index (χ0v) is 23.5. The van der Waals surface area contributed by atoms with E-state index in [1.165, 1.54) is 30.8 Å². The lowest BCUT2D eigenvalue weighted by Crippen LogP contribution is -2.64. The van der Waals surface area contributed by atoms with E-state index < -0.39 is 62.9 Å². The summed E-state index contributed by atoms with van der Waals surface area (Å²) in [5, 5.41) is 33.6. The summed E-state index contributed by atoms with van der Waals surface area (Å²) in [5.74, 6) is -0.521. The van der Waals surface area contributed by atoms with Crippen LogP contribution in [0.2, 0.25) is 0 Å². The third-order valence-electron chi connectivity index (χ3n) is 6.78. The Labute approximate surface area is 227 Å². The van der Waals surface area contributed by atoms with E-state index in [0.717, 1.165) is 0 Å². The molecule has 0 aromatic heterocycles. The highest BCUT2D eigenvalue weighted by atomic mass is 31.2. The maximum absolute atomic E-state index is 14.7. The van der Waals surface area contributed by atoms with Crippen molar-refractivity contribution in [3.05, 3.63) is 24.3 Å². The predicted octanol–water partition coefficient (Wildman–Crippen LogP) is 1.34. The number of benzene rings is 1. The van der Waals surface area contributed by atoms with Crippen molar-refractivity contribution in [3.63, 3.8) is 0 Å². The van der Waals surface area contributed by atoms with E-state index in [9.17, 15) is 29.5 Å². The molecule has 0 saturated carbocycles. The van der Waals surface area contributed by atoms with Crippen molar-refractivity contribution in [1.82, 2.24) is 9.99 Å². The SMILES string of the molecule is CCC(CC)OC(=O)C1CCCN1P(=O)(Oc1ccc(OC)cc1)O[C@@H]1[C@H](O)[C@@H](CO)O[C@H](O)[C@@H]1NC(C)=O. The van der Waals surface area contributed by atoms with Crippen molar-refractivity contribution < 1.29 is 52.7 Å². The number of amides is 1. The molecule has 2 heterocycles. The number of nitrogens with zero attached hydrogens (tertiary/aromatic N) is 1. The van der Waals surface area contributed by atoms with Gasteiger partial charge < -0.3 is 39.4 Å². The molecule has 4 N–H and O–H groups in total. The van der Waals surface area contributed by atoms with E-state index in [1.807, 2.05) is 13.8 Å². The van der Waals surface area contributed by atoms with Crippen LogP contribution in [0.5, 0.6) is 11.5 Å². The Kier molecular flexibility index (Phi) is 11.1. The second kappa shape index (κ2) is 13.9. The summed E-state index contributed by atoms with van der Waals surface area (Å²) in [5.41, 5.74) is 0. The smallest absolute Gasteiger partial charge is 0.462 e. The molecule has 0 radical (unpaired) electrons. The number of esters is 1. The second-order valence-electron chi connectivity index (χ2n) is 9.47. The fraction of sp³-hybridized carbons (Fsp3) is 0.680. The van der Waals surface area contributed by atoms with Crippen LogP contribution in [0.15, 0.2) is 24.3 Å². The maximum Gasteiger partial charge on any atom is 0.462 e. The number of aliphatic hydroxyl groups is 3. The normalized spacial score (nSPS) is 29.0. The van der Waals surface area contributed by atoms with Crippen molar-refractivity contribution in [2.75, 3.05) is 20.3 Å². The van der Waals surface area contributed by atoms with Crippen LogP contribution >= 0.6 is 7.75 Å². The van der Waals surface area contributed by atoms with Crippen molar-refractivity contribution in [2.45, 2.75) is 89.2 Å². The lowest BCUT2D eigenvalue weighted by molar-refractivity contribution is -0.250. The number of nitrogens with one attached hydrogen (secondary N) is 1. The van der Waals surface area contributed by atoms with Gasteiger partial charge in [0.1, 0.15) is 48.0 Å². The fourth-order valence-electron chi connectivity index (χ4n) is 4.64. The molecule has 3 rings (SSSR count). The molecule has 0 bridgehead atoms. The van der Waals surface area contributed by atoms with Crippen LogP contribution in [-0.2, 0) is 28.2 Å². The number of ether oxygens (including phenoxy) is 3. The molecule has 14 heteroatoms. The minimum Gasteiger partial charge on any atom is -0.497 e. The Morgan fingerprint density at radius 2 is 1.82 bits per heavy atom. The Morgan fingerprint density at radius 3 is 2.38 bits per heavy atom. The molecular weight excluding hydrogens is 535 g/mol. The third-order valence-corrected chi connectivity index (χ3v) is 8.84. The van der Waals surface area contributed by atoms with Crippen LogP contribution in [-0.4, -0.2) is 94.9 Å². The average Bonchev–Trinajstić information content (AvgIpc) is 3.42. The Balaban J connectivity index is 2.00. The lowest BCUT2D eigenvalue weighted by Gasteiger charge is -2.44. The molecule has 2 aliphatic heterocycles. The van der Waals surface area contributed by atoms with Crippen LogP contribution in [0.25, 0.3) is 0 Å². The van der Waals surface area contributed by atoms with Gasteiger partial charge in [-0.15, -0.1) is 0 Å². The Bertz CT molecular complexity index is 1010. The van der Waals surface area contributed by atoms with Crippen LogP contribution in [0.4, 0.5) is 0 Å². The quantitative estimate of drug-likeness (QED) is 0.209. The monoisotopic (exact) mass is 574 g/mol. The second-order valence-corrected chi connectivity index (χ2v) is 11.3. The van der Waals surface area contributed by atoms with Gasteiger partial charge in [-0.3, -0.25) is 14.1 Å². The first-order chi connectivity index (χ1) is 18.6. The highest BCUT2D eigenvalue weighted by molar-refractivity contribution is 7.51. The molecule has 1 aromatic rings. The van der Waals surface area contributed by atoms with Crippen molar-refractivity contribution in [2.24, 2.45) is 0 Å². The maximum atomic E-state index is 14.7. The van der Waals surface area contributed by atoms with E-state index in [-0.39, 0.29) is 18.4 Å². The largest absolute Gasteiger partial charge is 0.497 e. The minimum absolute atomic E-state index is 0.120. The molecule has 2 unspecified atom stereocenters. The molecule has 2 fully saturated rings. The number of rotatable bonds is 12. The van der Waals surface area contributed by atoms with Gasteiger partial charge in [0.15, 0.2) is 6.29 Å². The number of methoxy groups -OCH3 is 1. The van der Waals surface area contributed by atoms with Gasteiger partial charge in [-0.1, -0.05) is 13.8 Å². The summed E-state index contributed by atoms with van der Waals surface area (Å²) in [6.45, 7) is 4.43. The van der Waals surface area contributed by atoms with Gasteiger partial charge >= 0.3 is 13.7 Å². The first-order valence-electron chi connectivity index (χ1n) is 13.1. The summed E-state index contributed by atoms with van der Waals surface area (Å²) in [7, 11) is -3.01. The van der Waals surface area contributed by atoms with Gasteiger partial charge in [0.05, 0.1) is 13.7 Å².